The van der Waals surface area contributed by atoms with E-state index in [9.17, 15) is 0 Å². The van der Waals surface area contributed by atoms with E-state index in [1.807, 2.05) is 57.8 Å². The molecule has 8 nitrogen and oxygen atoms in total. The van der Waals surface area contributed by atoms with Gasteiger partial charge in [-0.05, 0) is 23.8 Å². The molecule has 0 spiro atoms. The normalized spacial score (nSPS) is 17.0. The van der Waals surface area contributed by atoms with Crippen LogP contribution in [0.25, 0.3) is 11.3 Å². The molecule has 0 aromatic carbocycles. The van der Waals surface area contributed by atoms with E-state index in [0.29, 0.717) is 12.2 Å². The van der Waals surface area contributed by atoms with Crippen LogP contribution >= 0.6 is 0 Å². The zero-order chi connectivity index (χ0) is 17.7. The summed E-state index contributed by atoms with van der Waals surface area (Å²) in [6.07, 6.45) is 8.22. The summed E-state index contributed by atoms with van der Waals surface area (Å²) < 4.78 is 3.81. The maximum atomic E-state index is 5.96. The first-order chi connectivity index (χ1) is 12.7. The predicted octanol–water partition coefficient (Wildman–Crippen LogP) is 1.56. The summed E-state index contributed by atoms with van der Waals surface area (Å²) in [4.78, 5) is 8.74. The number of nitrogens with two attached hydrogens (primary N) is 1. The van der Waals surface area contributed by atoms with Crippen molar-refractivity contribution in [3.8, 4) is 0 Å². The third-order valence-corrected chi connectivity index (χ3v) is 4.72. The number of likely N-dealkylation sites (N-methyl/N-ethyl adjacent to an activating group) is 1. The number of rotatable bonds is 3. The quantitative estimate of drug-likeness (QED) is 0.608. The molecule has 1 unspecified atom stereocenters. The Morgan fingerprint density at radius 1 is 1.12 bits per heavy atom. The van der Waals surface area contributed by atoms with Gasteiger partial charge in [-0.2, -0.15) is 10.2 Å². The Morgan fingerprint density at radius 2 is 1.96 bits per heavy atom. The van der Waals surface area contributed by atoms with E-state index in [1.165, 1.54) is 0 Å². The molecule has 130 valence electrons. The lowest BCUT2D eigenvalue weighted by molar-refractivity contribution is 0.379. The Kier molecular flexibility index (Phi) is 3.18. The summed E-state index contributed by atoms with van der Waals surface area (Å²) >= 11 is 0. The van der Waals surface area contributed by atoms with Gasteiger partial charge in [0.2, 0.25) is 0 Å². The lowest BCUT2D eigenvalue weighted by Crippen LogP contribution is -2.14. The van der Waals surface area contributed by atoms with E-state index >= 15 is 0 Å². The third kappa shape index (κ3) is 2.38. The fraction of sp³-hybridized carbons (Fsp3) is 0.222. The smallest absolute Gasteiger partial charge is 0.153 e. The standard InChI is InChI=1S/C18H18N8/c1-24-11-13(7-22-24)15-3-5-18-20-8-14(26(18)23-15)6-12-2-4-17-21-9-16(19)25(17)10-12/h2-5,7-10,13H,6,11,19H2,1H3. The van der Waals surface area contributed by atoms with Gasteiger partial charge < -0.3 is 5.73 Å². The number of nitrogen functional groups attached to an aromatic ring is 1. The van der Waals surface area contributed by atoms with Gasteiger partial charge in [0.25, 0.3) is 0 Å². The monoisotopic (exact) mass is 346 g/mol. The molecule has 0 saturated heterocycles. The molecule has 1 aliphatic rings. The maximum Gasteiger partial charge on any atom is 0.153 e. The first-order valence-corrected chi connectivity index (χ1v) is 8.47. The summed E-state index contributed by atoms with van der Waals surface area (Å²) in [5.74, 6) is 0.840. The highest BCUT2D eigenvalue weighted by atomic mass is 15.4. The van der Waals surface area contributed by atoms with Crippen LogP contribution in [0, 0.1) is 0 Å². The van der Waals surface area contributed by atoms with Crippen molar-refractivity contribution in [2.45, 2.75) is 12.3 Å². The Balaban J connectivity index is 1.51. The van der Waals surface area contributed by atoms with E-state index in [0.717, 1.165) is 34.8 Å². The van der Waals surface area contributed by atoms with Crippen LogP contribution in [-0.4, -0.2) is 48.8 Å². The lowest BCUT2D eigenvalue weighted by Gasteiger charge is -2.10. The summed E-state index contributed by atoms with van der Waals surface area (Å²) in [5, 5.41) is 11.0. The number of hydrazone groups is 1. The van der Waals surface area contributed by atoms with Gasteiger partial charge >= 0.3 is 0 Å². The summed E-state index contributed by atoms with van der Waals surface area (Å²) in [6.45, 7) is 0.846. The van der Waals surface area contributed by atoms with E-state index < -0.39 is 0 Å². The first kappa shape index (κ1) is 14.9. The molecule has 4 aromatic heterocycles. The highest BCUT2D eigenvalue weighted by Crippen LogP contribution is 2.19. The molecule has 5 rings (SSSR count). The molecule has 8 heteroatoms. The van der Waals surface area contributed by atoms with Crippen molar-refractivity contribution in [3.05, 3.63) is 59.8 Å². The molecular weight excluding hydrogens is 328 g/mol. The minimum absolute atomic E-state index is 0.210. The number of nitrogens with zero attached hydrogens (tertiary/aromatic N) is 7. The van der Waals surface area contributed by atoms with E-state index in [4.69, 9.17) is 10.8 Å². The molecular formula is C18H18N8. The molecule has 0 aliphatic carbocycles. The Hall–Kier alpha value is -3.42. The van der Waals surface area contributed by atoms with Crippen molar-refractivity contribution in [2.75, 3.05) is 19.3 Å². The third-order valence-electron chi connectivity index (χ3n) is 4.72. The SMILES string of the molecule is CN1CC(c2ccc3ncc(Cc4ccc5ncc(N)n5c4)n3n2)C=N1. The van der Waals surface area contributed by atoms with Crippen molar-refractivity contribution in [1.29, 1.82) is 0 Å². The highest BCUT2D eigenvalue weighted by molar-refractivity contribution is 5.69. The van der Waals surface area contributed by atoms with Gasteiger partial charge in [-0.15, -0.1) is 0 Å². The predicted molar refractivity (Wildman–Crippen MR) is 99.3 cm³/mol. The number of hydrogen-bond donors (Lipinski definition) is 1. The number of fused-ring (bicyclic) bond motifs is 2. The van der Waals surface area contributed by atoms with Crippen molar-refractivity contribution < 1.29 is 0 Å². The minimum atomic E-state index is 0.210. The van der Waals surface area contributed by atoms with Crippen LogP contribution in [0.4, 0.5) is 5.82 Å². The van der Waals surface area contributed by atoms with E-state index in [-0.39, 0.29) is 5.92 Å². The van der Waals surface area contributed by atoms with E-state index in [2.05, 4.69) is 21.1 Å². The van der Waals surface area contributed by atoms with Crippen molar-refractivity contribution in [2.24, 2.45) is 5.10 Å². The van der Waals surface area contributed by atoms with Crippen molar-refractivity contribution >= 4 is 23.3 Å². The summed E-state index contributed by atoms with van der Waals surface area (Å²) in [5.41, 5.74) is 10.8. The van der Waals surface area contributed by atoms with Crippen LogP contribution in [0.2, 0.25) is 0 Å². The van der Waals surface area contributed by atoms with Crippen molar-refractivity contribution in [1.82, 2.24) is 29.0 Å². The van der Waals surface area contributed by atoms with Gasteiger partial charge in [-0.1, -0.05) is 6.07 Å². The topological polar surface area (TPSA) is 89.1 Å². The molecule has 0 amide bonds. The maximum absolute atomic E-state index is 5.96. The number of pyridine rings is 1. The van der Waals surface area contributed by atoms with Crippen LogP contribution < -0.4 is 5.73 Å². The van der Waals surface area contributed by atoms with Gasteiger partial charge in [-0.3, -0.25) is 9.41 Å². The Morgan fingerprint density at radius 3 is 2.81 bits per heavy atom. The minimum Gasteiger partial charge on any atom is -0.383 e. The largest absolute Gasteiger partial charge is 0.383 e. The molecule has 4 aromatic rings. The molecule has 0 radical (unpaired) electrons. The van der Waals surface area contributed by atoms with Crippen molar-refractivity contribution in [3.63, 3.8) is 0 Å². The van der Waals surface area contributed by atoms with Crippen LogP contribution in [0.3, 0.4) is 0 Å². The molecule has 1 atom stereocenters. The average Bonchev–Trinajstić information content (AvgIpc) is 3.35. The van der Waals surface area contributed by atoms with Crippen LogP contribution in [0.5, 0.6) is 0 Å². The zero-order valence-electron chi connectivity index (χ0n) is 14.3. The number of anilines is 1. The van der Waals surface area contributed by atoms with Gasteiger partial charge in [0.15, 0.2) is 5.65 Å². The van der Waals surface area contributed by atoms with Crippen LogP contribution in [0.15, 0.2) is 48.0 Å². The van der Waals surface area contributed by atoms with Gasteiger partial charge in [-0.25, -0.2) is 14.5 Å². The zero-order valence-corrected chi connectivity index (χ0v) is 14.3. The average molecular weight is 346 g/mol. The van der Waals surface area contributed by atoms with Crippen LogP contribution in [0.1, 0.15) is 22.9 Å². The van der Waals surface area contributed by atoms with Crippen LogP contribution in [-0.2, 0) is 6.42 Å². The molecule has 0 saturated carbocycles. The molecule has 0 fully saturated rings. The fourth-order valence-electron chi connectivity index (χ4n) is 3.35. The highest BCUT2D eigenvalue weighted by Gasteiger charge is 2.19. The van der Waals surface area contributed by atoms with Gasteiger partial charge in [0.05, 0.1) is 29.7 Å². The van der Waals surface area contributed by atoms with Gasteiger partial charge in [0, 0.05) is 32.4 Å². The Labute approximate surface area is 149 Å². The number of imidazole rings is 2. The molecule has 5 heterocycles. The Bertz CT molecular complexity index is 1140. The number of hydrogen-bond acceptors (Lipinski definition) is 6. The second-order valence-corrected chi connectivity index (χ2v) is 6.61. The van der Waals surface area contributed by atoms with Gasteiger partial charge in [0.1, 0.15) is 11.5 Å². The second kappa shape index (κ2) is 5.55. The number of aromatic nitrogens is 5. The van der Waals surface area contributed by atoms with E-state index in [1.54, 1.807) is 6.20 Å². The molecule has 0 bridgehead atoms. The molecule has 2 N–H and O–H groups in total. The first-order valence-electron chi connectivity index (χ1n) is 8.47. The molecule has 1 aliphatic heterocycles. The lowest BCUT2D eigenvalue weighted by atomic mass is 10.1. The summed E-state index contributed by atoms with van der Waals surface area (Å²) in [6, 6.07) is 8.07. The second-order valence-electron chi connectivity index (χ2n) is 6.61. The molecule has 26 heavy (non-hydrogen) atoms. The fourth-order valence-corrected chi connectivity index (χ4v) is 3.35. The summed E-state index contributed by atoms with van der Waals surface area (Å²) in [7, 11) is 1.97.